The molecule has 5 aromatic rings. The zero-order valence-electron chi connectivity index (χ0n) is 21.8. The molecule has 0 fully saturated rings. The predicted octanol–water partition coefficient (Wildman–Crippen LogP) is 6.87. The van der Waals surface area contributed by atoms with E-state index in [1.54, 1.807) is 0 Å². The van der Waals surface area contributed by atoms with Crippen molar-refractivity contribution in [3.8, 4) is 28.1 Å². The summed E-state index contributed by atoms with van der Waals surface area (Å²) in [6.07, 6.45) is 4.86. The van der Waals surface area contributed by atoms with Crippen LogP contribution in [0, 0.1) is 5.92 Å². The average molecular weight is 502 g/mol. The number of aliphatic hydroxyl groups is 1. The minimum Gasteiger partial charge on any atom is -0.392 e. The van der Waals surface area contributed by atoms with Crippen molar-refractivity contribution >= 4 is 0 Å². The largest absolute Gasteiger partial charge is 0.392 e. The number of hydrogen-bond donors (Lipinski definition) is 1. The molecule has 5 heteroatoms. The number of rotatable bonds is 4. The van der Waals surface area contributed by atoms with Gasteiger partial charge in [-0.1, -0.05) is 85.7 Å². The number of fused-ring (bicyclic) bond motifs is 4. The first kappa shape index (κ1) is 23.2. The lowest BCUT2D eigenvalue weighted by atomic mass is 9.56. The molecule has 0 spiro atoms. The van der Waals surface area contributed by atoms with Gasteiger partial charge in [0.2, 0.25) is 0 Å². The fourth-order valence-electron chi connectivity index (χ4n) is 7.05. The summed E-state index contributed by atoms with van der Waals surface area (Å²) in [6.45, 7) is 4.75. The van der Waals surface area contributed by atoms with E-state index in [2.05, 4.69) is 84.3 Å². The molecule has 7 rings (SSSR count). The molecule has 0 amide bonds. The molecule has 0 unspecified atom stereocenters. The number of benzene rings is 3. The average Bonchev–Trinajstić information content (AvgIpc) is 3.59. The summed E-state index contributed by atoms with van der Waals surface area (Å²) in [4.78, 5) is 0. The van der Waals surface area contributed by atoms with Crippen molar-refractivity contribution in [3.63, 3.8) is 0 Å². The lowest BCUT2D eigenvalue weighted by Crippen LogP contribution is -2.45. The van der Waals surface area contributed by atoms with Crippen LogP contribution in [0.3, 0.4) is 0 Å². The molecule has 0 radical (unpaired) electrons. The van der Waals surface area contributed by atoms with Crippen molar-refractivity contribution in [2.75, 3.05) is 0 Å². The lowest BCUT2D eigenvalue weighted by molar-refractivity contribution is 0.170. The van der Waals surface area contributed by atoms with Crippen LogP contribution in [0.1, 0.15) is 54.3 Å². The van der Waals surface area contributed by atoms with Gasteiger partial charge in [-0.2, -0.15) is 5.10 Å². The van der Waals surface area contributed by atoms with E-state index in [1.807, 2.05) is 24.4 Å². The molecule has 1 N–H and O–H groups in total. The van der Waals surface area contributed by atoms with Crippen LogP contribution < -0.4 is 0 Å². The summed E-state index contributed by atoms with van der Waals surface area (Å²) in [5.41, 5.74) is 10.3. The number of nitrogens with zero attached hydrogens (tertiary/aromatic N) is 3. The van der Waals surface area contributed by atoms with Gasteiger partial charge in [-0.05, 0) is 54.0 Å². The maximum absolute atomic E-state index is 9.57. The summed E-state index contributed by atoms with van der Waals surface area (Å²) in [5.74, 6) is 1.80. The molecule has 5 nitrogen and oxygen atoms in total. The van der Waals surface area contributed by atoms with Gasteiger partial charge in [0, 0.05) is 28.0 Å². The van der Waals surface area contributed by atoms with E-state index in [0.717, 1.165) is 47.5 Å². The smallest absolute Gasteiger partial charge is 0.143 e. The van der Waals surface area contributed by atoms with Crippen LogP contribution in [-0.2, 0) is 24.9 Å². The second-order valence-electron chi connectivity index (χ2n) is 11.1. The van der Waals surface area contributed by atoms with E-state index in [0.29, 0.717) is 11.8 Å². The standard InChI is InChI=1S/C33H31N3O2/c1-21-29-17-16-28-30(25-10-8-22(20-37)9-11-25)35-36(32(28)33(29,2)18-26-19-34-38-31(21)26)27-14-12-24(13-15-27)23-6-4-3-5-7-23/h3-15,19,21,29,37H,16-18,20H2,1-2H3/t21-,29-,33-/m1/s1. The molecule has 0 bridgehead atoms. The number of aromatic nitrogens is 3. The van der Waals surface area contributed by atoms with Crippen molar-refractivity contribution < 1.29 is 9.63 Å². The number of hydrogen-bond acceptors (Lipinski definition) is 4. The molecule has 2 aliphatic carbocycles. The molecule has 0 saturated heterocycles. The van der Waals surface area contributed by atoms with Crippen molar-refractivity contribution in [3.05, 3.63) is 113 Å². The topological polar surface area (TPSA) is 64.1 Å². The molecule has 3 aromatic carbocycles. The number of aliphatic hydroxyl groups excluding tert-OH is 1. The van der Waals surface area contributed by atoms with Gasteiger partial charge in [0.25, 0.3) is 0 Å². The fourth-order valence-corrected chi connectivity index (χ4v) is 7.05. The Balaban J connectivity index is 1.41. The first-order valence-corrected chi connectivity index (χ1v) is 13.5. The van der Waals surface area contributed by atoms with E-state index >= 15 is 0 Å². The zero-order valence-corrected chi connectivity index (χ0v) is 21.8. The van der Waals surface area contributed by atoms with Gasteiger partial charge in [0.05, 0.1) is 29.9 Å². The van der Waals surface area contributed by atoms with Gasteiger partial charge in [0.15, 0.2) is 0 Å². The highest BCUT2D eigenvalue weighted by atomic mass is 16.5. The lowest BCUT2D eigenvalue weighted by Gasteiger charge is -2.47. The summed E-state index contributed by atoms with van der Waals surface area (Å²) in [7, 11) is 0. The van der Waals surface area contributed by atoms with Crippen LogP contribution in [-0.4, -0.2) is 20.0 Å². The minimum atomic E-state index is -0.0973. The van der Waals surface area contributed by atoms with E-state index in [-0.39, 0.29) is 12.0 Å². The van der Waals surface area contributed by atoms with Crippen molar-refractivity contribution in [2.24, 2.45) is 5.92 Å². The van der Waals surface area contributed by atoms with Crippen LogP contribution in [0.25, 0.3) is 28.1 Å². The van der Waals surface area contributed by atoms with E-state index < -0.39 is 0 Å². The summed E-state index contributed by atoms with van der Waals surface area (Å²) < 4.78 is 7.93. The van der Waals surface area contributed by atoms with E-state index in [9.17, 15) is 5.11 Å². The van der Waals surface area contributed by atoms with Crippen molar-refractivity contribution in [2.45, 2.75) is 51.0 Å². The third-order valence-corrected chi connectivity index (χ3v) is 8.93. The molecule has 3 atom stereocenters. The van der Waals surface area contributed by atoms with Crippen molar-refractivity contribution in [1.29, 1.82) is 0 Å². The van der Waals surface area contributed by atoms with Crippen molar-refractivity contribution in [1.82, 2.24) is 14.9 Å². The molecular weight excluding hydrogens is 470 g/mol. The summed E-state index contributed by atoms with van der Waals surface area (Å²) in [5, 5.41) is 19.0. The first-order valence-electron chi connectivity index (χ1n) is 13.5. The Bertz CT molecular complexity index is 1600. The first-order chi connectivity index (χ1) is 18.6. The van der Waals surface area contributed by atoms with Gasteiger partial charge in [-0.3, -0.25) is 0 Å². The summed E-state index contributed by atoms with van der Waals surface area (Å²) in [6, 6.07) is 27.4. The molecule has 2 heterocycles. The third-order valence-electron chi connectivity index (χ3n) is 8.93. The molecular formula is C33H31N3O2. The van der Waals surface area contributed by atoms with Crippen LogP contribution in [0.4, 0.5) is 0 Å². The van der Waals surface area contributed by atoms with Gasteiger partial charge >= 0.3 is 0 Å². The highest BCUT2D eigenvalue weighted by Gasteiger charge is 2.51. The molecule has 2 aromatic heterocycles. The quantitative estimate of drug-likeness (QED) is 0.292. The Morgan fingerprint density at radius 2 is 1.66 bits per heavy atom. The van der Waals surface area contributed by atoms with Crippen LogP contribution in [0.15, 0.2) is 89.6 Å². The third kappa shape index (κ3) is 3.49. The van der Waals surface area contributed by atoms with Crippen LogP contribution in [0.5, 0.6) is 0 Å². The minimum absolute atomic E-state index is 0.0410. The Morgan fingerprint density at radius 3 is 2.39 bits per heavy atom. The Morgan fingerprint density at radius 1 is 0.947 bits per heavy atom. The molecule has 2 aliphatic rings. The van der Waals surface area contributed by atoms with Crippen LogP contribution in [0.2, 0.25) is 0 Å². The monoisotopic (exact) mass is 501 g/mol. The Hall–Kier alpha value is -3.96. The van der Waals surface area contributed by atoms with Gasteiger partial charge in [-0.15, -0.1) is 0 Å². The zero-order chi connectivity index (χ0) is 25.9. The van der Waals surface area contributed by atoms with Gasteiger partial charge in [0.1, 0.15) is 5.76 Å². The Kier molecular flexibility index (Phi) is 5.38. The highest BCUT2D eigenvalue weighted by molar-refractivity contribution is 5.68. The van der Waals surface area contributed by atoms with Gasteiger partial charge in [-0.25, -0.2) is 4.68 Å². The van der Waals surface area contributed by atoms with E-state index in [1.165, 1.54) is 27.9 Å². The Labute approximate surface area is 222 Å². The second kappa shape index (κ2) is 8.81. The van der Waals surface area contributed by atoms with Gasteiger partial charge < -0.3 is 9.63 Å². The maximum Gasteiger partial charge on any atom is 0.143 e. The molecule has 0 saturated carbocycles. The highest BCUT2D eigenvalue weighted by Crippen LogP contribution is 2.55. The normalized spacial score (nSPS) is 22.0. The SMILES string of the molecule is C[C@H]1c2oncc2C[C@@]2(C)c3c(c(-c4ccc(CO)cc4)nn3-c3ccc(-c4ccccc4)cc3)CC[C@H]12. The van der Waals surface area contributed by atoms with Crippen LogP contribution >= 0.6 is 0 Å². The second-order valence-corrected chi connectivity index (χ2v) is 11.1. The maximum atomic E-state index is 9.57. The van der Waals surface area contributed by atoms with E-state index in [4.69, 9.17) is 9.62 Å². The predicted molar refractivity (Wildman–Crippen MR) is 148 cm³/mol. The molecule has 38 heavy (non-hydrogen) atoms. The fraction of sp³-hybridized carbons (Fsp3) is 0.273. The summed E-state index contributed by atoms with van der Waals surface area (Å²) >= 11 is 0. The molecule has 0 aliphatic heterocycles. The molecule has 190 valence electrons.